The van der Waals surface area contributed by atoms with Crippen LogP contribution in [0.5, 0.6) is 11.5 Å². The second-order valence-electron chi connectivity index (χ2n) is 2.74. The summed E-state index contributed by atoms with van der Waals surface area (Å²) in [4.78, 5) is 0. The van der Waals surface area contributed by atoms with Crippen LogP contribution in [0.2, 0.25) is 0 Å². The summed E-state index contributed by atoms with van der Waals surface area (Å²) in [6.45, 7) is 0.450. The maximum absolute atomic E-state index is 7.07. The molecule has 78 valence electrons. The summed E-state index contributed by atoms with van der Waals surface area (Å²) in [6.07, 6.45) is 0.591. The molecule has 0 bridgehead atoms. The molecule has 4 heteroatoms. The molecule has 2 N–H and O–H groups in total. The van der Waals surface area contributed by atoms with E-state index in [0.29, 0.717) is 23.2 Å². The zero-order valence-corrected chi connectivity index (χ0v) is 9.43. The van der Waals surface area contributed by atoms with Gasteiger partial charge in [0.1, 0.15) is 11.5 Å². The molecule has 1 rings (SSSR count). The van der Waals surface area contributed by atoms with E-state index in [2.05, 4.69) is 15.9 Å². The van der Waals surface area contributed by atoms with Crippen LogP contribution in [0.15, 0.2) is 16.6 Å². The van der Waals surface area contributed by atoms with Crippen molar-refractivity contribution < 1.29 is 13.6 Å². The van der Waals surface area contributed by atoms with Crippen LogP contribution in [0.4, 0.5) is 0 Å². The number of rotatable bonds is 4. The number of hydrogen-bond donors (Lipinski definition) is 1. The quantitative estimate of drug-likeness (QED) is 0.903. The Morgan fingerprint density at radius 2 is 2.21 bits per heavy atom. The molecular formula is C10H14BrNO2. The molecule has 0 aliphatic rings. The van der Waals surface area contributed by atoms with Crippen LogP contribution in [0.3, 0.4) is 0 Å². The van der Waals surface area contributed by atoms with Crippen molar-refractivity contribution in [3.05, 3.63) is 22.2 Å². The monoisotopic (exact) mass is 262 g/mol. The van der Waals surface area contributed by atoms with E-state index >= 15 is 0 Å². The van der Waals surface area contributed by atoms with Gasteiger partial charge in [0.05, 0.1) is 22.7 Å². The van der Waals surface area contributed by atoms with Crippen LogP contribution in [-0.4, -0.2) is 20.7 Å². The van der Waals surface area contributed by atoms with E-state index in [1.807, 2.05) is 0 Å². The molecule has 0 aromatic heterocycles. The zero-order valence-electron chi connectivity index (χ0n) is 10.8. The van der Waals surface area contributed by atoms with Crippen LogP contribution >= 0.6 is 15.9 Å². The van der Waals surface area contributed by atoms with Crippen LogP contribution in [0, 0.1) is 0 Å². The number of hydrogen-bond acceptors (Lipinski definition) is 3. The van der Waals surface area contributed by atoms with Crippen LogP contribution < -0.4 is 15.2 Å². The van der Waals surface area contributed by atoms with Gasteiger partial charge >= 0.3 is 0 Å². The first-order valence-electron chi connectivity index (χ1n) is 5.63. The first-order valence-corrected chi connectivity index (χ1v) is 4.92. The summed E-state index contributed by atoms with van der Waals surface area (Å²) in [5.74, 6) is 0.912. The molecule has 0 atom stereocenters. The highest BCUT2D eigenvalue weighted by atomic mass is 79.9. The summed E-state index contributed by atoms with van der Waals surface area (Å²) >= 11 is 3.24. The van der Waals surface area contributed by atoms with Crippen LogP contribution in [0.25, 0.3) is 0 Å². The summed E-state index contributed by atoms with van der Waals surface area (Å²) in [5, 5.41) is 0. The molecular weight excluding hydrogens is 246 g/mol. The van der Waals surface area contributed by atoms with Gasteiger partial charge in [0.25, 0.3) is 0 Å². The average molecular weight is 263 g/mol. The van der Waals surface area contributed by atoms with Gasteiger partial charge in [-0.1, -0.05) is 0 Å². The molecule has 0 amide bonds. The lowest BCUT2D eigenvalue weighted by Crippen LogP contribution is -2.04. The molecule has 0 fully saturated rings. The van der Waals surface area contributed by atoms with Crippen molar-refractivity contribution in [2.75, 3.05) is 20.7 Å². The van der Waals surface area contributed by atoms with Gasteiger partial charge in [0.2, 0.25) is 0 Å². The van der Waals surface area contributed by atoms with Gasteiger partial charge in [-0.2, -0.15) is 0 Å². The highest BCUT2D eigenvalue weighted by Gasteiger charge is 2.08. The standard InChI is InChI=1S/C10H14BrNO2/c1-13-9-6-8(11)10(14-2)5-7(9)3-4-12/h5-6H,3-4,12H2,1-2H3/i2D3. The third-order valence-corrected chi connectivity index (χ3v) is 2.48. The van der Waals surface area contributed by atoms with E-state index in [0.717, 1.165) is 5.56 Å². The fraction of sp³-hybridized carbons (Fsp3) is 0.400. The summed E-state index contributed by atoms with van der Waals surface area (Å²) < 4.78 is 31.8. The van der Waals surface area contributed by atoms with E-state index in [1.165, 1.54) is 0 Å². The molecule has 0 heterocycles. The van der Waals surface area contributed by atoms with Gasteiger partial charge < -0.3 is 15.2 Å². The molecule has 0 saturated carbocycles. The molecule has 1 aromatic rings. The van der Waals surface area contributed by atoms with Crippen molar-refractivity contribution >= 4 is 15.9 Å². The van der Waals surface area contributed by atoms with Crippen LogP contribution in [0.1, 0.15) is 9.68 Å². The van der Waals surface area contributed by atoms with Gasteiger partial charge in [-0.05, 0) is 46.6 Å². The molecule has 0 spiro atoms. The Morgan fingerprint density at radius 1 is 1.43 bits per heavy atom. The first-order chi connectivity index (χ1) is 7.87. The Hall–Kier alpha value is -0.740. The Labute approximate surface area is 96.5 Å². The van der Waals surface area contributed by atoms with Gasteiger partial charge in [0.15, 0.2) is 0 Å². The highest BCUT2D eigenvalue weighted by Crippen LogP contribution is 2.32. The van der Waals surface area contributed by atoms with Crippen LogP contribution in [-0.2, 0) is 6.42 Å². The highest BCUT2D eigenvalue weighted by molar-refractivity contribution is 9.10. The van der Waals surface area contributed by atoms with Crippen molar-refractivity contribution in [3.63, 3.8) is 0 Å². The number of benzene rings is 1. The number of methoxy groups -OCH3 is 2. The van der Waals surface area contributed by atoms with Gasteiger partial charge in [-0.15, -0.1) is 0 Å². The minimum absolute atomic E-state index is 0.259. The fourth-order valence-corrected chi connectivity index (χ4v) is 1.60. The molecule has 0 aliphatic heterocycles. The van der Waals surface area contributed by atoms with E-state index in [9.17, 15) is 0 Å². The van der Waals surface area contributed by atoms with E-state index in [1.54, 1.807) is 19.2 Å². The number of ether oxygens (including phenoxy) is 2. The van der Waals surface area contributed by atoms with Gasteiger partial charge in [-0.25, -0.2) is 0 Å². The third kappa shape index (κ3) is 2.39. The maximum Gasteiger partial charge on any atom is 0.133 e. The van der Waals surface area contributed by atoms with E-state index in [4.69, 9.17) is 19.3 Å². The summed E-state index contributed by atoms with van der Waals surface area (Å²) in [6, 6.07) is 3.30. The topological polar surface area (TPSA) is 44.5 Å². The molecule has 0 unspecified atom stereocenters. The van der Waals surface area contributed by atoms with Crippen molar-refractivity contribution in [1.82, 2.24) is 0 Å². The van der Waals surface area contributed by atoms with Crippen molar-refractivity contribution in [3.8, 4) is 11.5 Å². The lowest BCUT2D eigenvalue weighted by molar-refractivity contribution is 0.397. The third-order valence-electron chi connectivity index (χ3n) is 1.86. The van der Waals surface area contributed by atoms with Gasteiger partial charge in [-0.3, -0.25) is 0 Å². The van der Waals surface area contributed by atoms with E-state index < -0.39 is 7.04 Å². The molecule has 0 radical (unpaired) electrons. The summed E-state index contributed by atoms with van der Waals surface area (Å²) in [7, 11) is -0.927. The summed E-state index contributed by atoms with van der Waals surface area (Å²) in [5.41, 5.74) is 6.30. The molecule has 1 aromatic carbocycles. The SMILES string of the molecule is [2H]C([2H])([2H])Oc1cc(CCN)c(OC)cc1Br. The zero-order chi connectivity index (χ0) is 13.1. The lowest BCUT2D eigenvalue weighted by atomic mass is 10.1. The predicted octanol–water partition coefficient (Wildman–Crippen LogP) is 1.97. The number of nitrogens with two attached hydrogens (primary N) is 1. The minimum Gasteiger partial charge on any atom is -0.496 e. The smallest absolute Gasteiger partial charge is 0.133 e. The largest absolute Gasteiger partial charge is 0.496 e. The number of halogens is 1. The first kappa shape index (κ1) is 7.54. The van der Waals surface area contributed by atoms with Crippen molar-refractivity contribution in [2.45, 2.75) is 6.42 Å². The fourth-order valence-electron chi connectivity index (χ4n) is 1.20. The van der Waals surface area contributed by atoms with E-state index in [-0.39, 0.29) is 5.75 Å². The second kappa shape index (κ2) is 5.22. The van der Waals surface area contributed by atoms with Crippen molar-refractivity contribution in [1.29, 1.82) is 0 Å². The molecule has 0 saturated heterocycles. The molecule has 14 heavy (non-hydrogen) atoms. The normalized spacial score (nSPS) is 14.1. The second-order valence-corrected chi connectivity index (χ2v) is 3.59. The molecule has 0 aliphatic carbocycles. The minimum atomic E-state index is -2.48. The Morgan fingerprint density at radius 3 is 2.79 bits per heavy atom. The Balaban J connectivity index is 3.10. The maximum atomic E-state index is 7.07. The average Bonchev–Trinajstić information content (AvgIpc) is 2.21. The Bertz CT molecular complexity index is 396. The van der Waals surface area contributed by atoms with Crippen molar-refractivity contribution in [2.24, 2.45) is 5.73 Å². The predicted molar refractivity (Wildman–Crippen MR) is 60.0 cm³/mol. The Kier molecular flexibility index (Phi) is 2.81. The lowest BCUT2D eigenvalue weighted by Gasteiger charge is -2.11. The van der Waals surface area contributed by atoms with Gasteiger partial charge in [0, 0.05) is 0 Å². The molecule has 3 nitrogen and oxygen atoms in total.